The van der Waals surface area contributed by atoms with Crippen LogP contribution in [0.2, 0.25) is 0 Å². The summed E-state index contributed by atoms with van der Waals surface area (Å²) in [5.41, 5.74) is 1.36. The van der Waals surface area contributed by atoms with Gasteiger partial charge in [-0.1, -0.05) is 12.1 Å². The Hall–Kier alpha value is -2.15. The Morgan fingerprint density at radius 3 is 2.58 bits per heavy atom. The molecular weight excluding hydrogens is 242 g/mol. The molecule has 2 rings (SSSR count). The second kappa shape index (κ2) is 5.66. The number of nitrogens with zero attached hydrogens (tertiary/aromatic N) is 1. The summed E-state index contributed by atoms with van der Waals surface area (Å²) in [4.78, 5) is 23.4. The second-order valence-electron chi connectivity index (χ2n) is 4.78. The SMILES string of the molecule is COC(=O)C(c1ccc(C#N)cc1)C1CCC(=O)C1. The molecule has 0 bridgehead atoms. The fourth-order valence-corrected chi connectivity index (χ4v) is 2.62. The molecule has 1 aliphatic rings. The maximum absolute atomic E-state index is 12.0. The third-order valence-electron chi connectivity index (χ3n) is 3.61. The summed E-state index contributed by atoms with van der Waals surface area (Å²) in [5, 5.41) is 8.78. The minimum Gasteiger partial charge on any atom is -0.469 e. The van der Waals surface area contributed by atoms with Gasteiger partial charge < -0.3 is 4.74 Å². The topological polar surface area (TPSA) is 67.2 Å². The van der Waals surface area contributed by atoms with Crippen LogP contribution in [0.15, 0.2) is 24.3 Å². The molecule has 19 heavy (non-hydrogen) atoms. The van der Waals surface area contributed by atoms with Gasteiger partial charge in [0.1, 0.15) is 5.78 Å². The van der Waals surface area contributed by atoms with Gasteiger partial charge in [0.2, 0.25) is 0 Å². The number of benzene rings is 1. The maximum atomic E-state index is 12.0. The number of methoxy groups -OCH3 is 1. The smallest absolute Gasteiger partial charge is 0.313 e. The molecule has 98 valence electrons. The molecule has 1 aromatic carbocycles. The van der Waals surface area contributed by atoms with E-state index in [1.165, 1.54) is 7.11 Å². The van der Waals surface area contributed by atoms with E-state index in [-0.39, 0.29) is 17.7 Å². The third-order valence-corrected chi connectivity index (χ3v) is 3.61. The molecule has 4 nitrogen and oxygen atoms in total. The standard InChI is InChI=1S/C15H15NO3/c1-19-15(18)14(12-6-7-13(17)8-12)11-4-2-10(9-16)3-5-11/h2-5,12,14H,6-8H2,1H3. The number of hydrogen-bond acceptors (Lipinski definition) is 4. The highest BCUT2D eigenvalue weighted by Crippen LogP contribution is 2.36. The number of carbonyl (C=O) groups excluding carboxylic acids is 2. The number of esters is 1. The molecule has 1 fully saturated rings. The number of rotatable bonds is 3. The molecule has 0 heterocycles. The van der Waals surface area contributed by atoms with Gasteiger partial charge in [-0.15, -0.1) is 0 Å². The Bertz CT molecular complexity index is 527. The number of hydrogen-bond donors (Lipinski definition) is 0. The van der Waals surface area contributed by atoms with Gasteiger partial charge in [-0.25, -0.2) is 0 Å². The average Bonchev–Trinajstić information content (AvgIpc) is 2.86. The van der Waals surface area contributed by atoms with E-state index in [4.69, 9.17) is 10.00 Å². The molecule has 0 aliphatic heterocycles. The number of ketones is 1. The summed E-state index contributed by atoms with van der Waals surface area (Å²) in [6.45, 7) is 0. The first-order valence-electron chi connectivity index (χ1n) is 6.25. The van der Waals surface area contributed by atoms with Gasteiger partial charge in [0.15, 0.2) is 0 Å². The lowest BCUT2D eigenvalue weighted by atomic mass is 9.84. The van der Waals surface area contributed by atoms with Gasteiger partial charge in [-0.2, -0.15) is 5.26 Å². The van der Waals surface area contributed by atoms with Crippen molar-refractivity contribution < 1.29 is 14.3 Å². The molecule has 1 aromatic rings. The Kier molecular flexibility index (Phi) is 3.96. The zero-order valence-electron chi connectivity index (χ0n) is 10.8. The number of nitriles is 1. The predicted octanol–water partition coefficient (Wildman–Crippen LogP) is 2.18. The van der Waals surface area contributed by atoms with E-state index in [9.17, 15) is 9.59 Å². The number of carbonyl (C=O) groups is 2. The second-order valence-corrected chi connectivity index (χ2v) is 4.78. The predicted molar refractivity (Wildman–Crippen MR) is 68.3 cm³/mol. The summed E-state index contributed by atoms with van der Waals surface area (Å²) >= 11 is 0. The van der Waals surface area contributed by atoms with Crippen LogP contribution in [0.4, 0.5) is 0 Å². The first-order chi connectivity index (χ1) is 9.15. The van der Waals surface area contributed by atoms with E-state index in [0.29, 0.717) is 18.4 Å². The molecule has 0 amide bonds. The minimum atomic E-state index is -0.413. The van der Waals surface area contributed by atoms with E-state index in [1.54, 1.807) is 24.3 Å². The van der Waals surface area contributed by atoms with Crippen LogP contribution in [0.3, 0.4) is 0 Å². The summed E-state index contributed by atoms with van der Waals surface area (Å²) in [7, 11) is 1.36. The van der Waals surface area contributed by atoms with Crippen molar-refractivity contribution in [2.75, 3.05) is 7.11 Å². The van der Waals surface area contributed by atoms with Crippen LogP contribution < -0.4 is 0 Å². The van der Waals surface area contributed by atoms with Gasteiger partial charge in [0.25, 0.3) is 0 Å². The van der Waals surface area contributed by atoms with Crippen molar-refractivity contribution in [1.82, 2.24) is 0 Å². The molecule has 2 atom stereocenters. The molecule has 0 spiro atoms. The molecule has 1 aliphatic carbocycles. The van der Waals surface area contributed by atoms with Crippen molar-refractivity contribution in [3.05, 3.63) is 35.4 Å². The summed E-state index contributed by atoms with van der Waals surface area (Å²) in [6.07, 6.45) is 1.69. The van der Waals surface area contributed by atoms with Crippen LogP contribution in [0.1, 0.15) is 36.3 Å². The van der Waals surface area contributed by atoms with Crippen molar-refractivity contribution >= 4 is 11.8 Å². The van der Waals surface area contributed by atoms with Crippen LogP contribution in [0.25, 0.3) is 0 Å². The summed E-state index contributed by atoms with van der Waals surface area (Å²) in [6, 6.07) is 8.94. The minimum absolute atomic E-state index is 0.00730. The summed E-state index contributed by atoms with van der Waals surface area (Å²) in [5.74, 6) is -0.519. The first-order valence-corrected chi connectivity index (χ1v) is 6.25. The van der Waals surface area contributed by atoms with Crippen LogP contribution in [0, 0.1) is 17.2 Å². The molecule has 0 saturated heterocycles. The van der Waals surface area contributed by atoms with Crippen LogP contribution in [0.5, 0.6) is 0 Å². The average molecular weight is 257 g/mol. The largest absolute Gasteiger partial charge is 0.469 e. The molecule has 0 N–H and O–H groups in total. The van der Waals surface area contributed by atoms with Gasteiger partial charge in [-0.05, 0) is 30.0 Å². The van der Waals surface area contributed by atoms with Crippen molar-refractivity contribution in [3.8, 4) is 6.07 Å². The Morgan fingerprint density at radius 2 is 2.11 bits per heavy atom. The zero-order chi connectivity index (χ0) is 13.8. The van der Waals surface area contributed by atoms with Crippen LogP contribution >= 0.6 is 0 Å². The monoisotopic (exact) mass is 257 g/mol. The fourth-order valence-electron chi connectivity index (χ4n) is 2.62. The highest BCUT2D eigenvalue weighted by atomic mass is 16.5. The van der Waals surface area contributed by atoms with Crippen LogP contribution in [-0.2, 0) is 14.3 Å². The lowest BCUT2D eigenvalue weighted by Crippen LogP contribution is -2.21. The molecule has 4 heteroatoms. The van der Waals surface area contributed by atoms with Gasteiger partial charge in [0.05, 0.1) is 24.7 Å². The molecule has 2 unspecified atom stereocenters. The van der Waals surface area contributed by atoms with E-state index in [2.05, 4.69) is 0 Å². The van der Waals surface area contributed by atoms with Gasteiger partial charge >= 0.3 is 5.97 Å². The van der Waals surface area contributed by atoms with Gasteiger partial charge in [0, 0.05) is 12.8 Å². The Morgan fingerprint density at radius 1 is 1.42 bits per heavy atom. The number of ether oxygens (including phenoxy) is 1. The summed E-state index contributed by atoms with van der Waals surface area (Å²) < 4.78 is 4.86. The van der Waals surface area contributed by atoms with E-state index >= 15 is 0 Å². The Labute approximate surface area is 112 Å². The highest BCUT2D eigenvalue weighted by molar-refractivity contribution is 5.84. The van der Waals surface area contributed by atoms with Crippen molar-refractivity contribution in [2.24, 2.45) is 5.92 Å². The molecule has 0 aromatic heterocycles. The van der Waals surface area contributed by atoms with E-state index in [1.807, 2.05) is 6.07 Å². The number of Topliss-reactive ketones (excluding diaryl/α,β-unsaturated/α-hetero) is 1. The maximum Gasteiger partial charge on any atom is 0.313 e. The van der Waals surface area contributed by atoms with Crippen molar-refractivity contribution in [2.45, 2.75) is 25.2 Å². The molecular formula is C15H15NO3. The Balaban J connectivity index is 2.29. The van der Waals surface area contributed by atoms with E-state index < -0.39 is 5.92 Å². The van der Waals surface area contributed by atoms with Crippen molar-refractivity contribution in [3.63, 3.8) is 0 Å². The lowest BCUT2D eigenvalue weighted by molar-refractivity contribution is -0.143. The normalized spacial score (nSPS) is 19.8. The van der Waals surface area contributed by atoms with E-state index in [0.717, 1.165) is 12.0 Å². The highest BCUT2D eigenvalue weighted by Gasteiger charge is 2.35. The van der Waals surface area contributed by atoms with Crippen LogP contribution in [-0.4, -0.2) is 18.9 Å². The van der Waals surface area contributed by atoms with Crippen molar-refractivity contribution in [1.29, 1.82) is 5.26 Å². The quantitative estimate of drug-likeness (QED) is 0.778. The first kappa shape index (κ1) is 13.3. The molecule has 1 saturated carbocycles. The fraction of sp³-hybridized carbons (Fsp3) is 0.400. The zero-order valence-corrected chi connectivity index (χ0v) is 10.8. The van der Waals surface area contributed by atoms with Gasteiger partial charge in [-0.3, -0.25) is 9.59 Å². The third kappa shape index (κ3) is 2.82. The lowest BCUT2D eigenvalue weighted by Gasteiger charge is -2.20. The molecule has 0 radical (unpaired) electrons.